The Kier molecular flexibility index (Phi) is 3.04. The molecule has 1 aromatic rings. The summed E-state index contributed by atoms with van der Waals surface area (Å²) in [6, 6.07) is 1.75. The molecule has 0 spiro atoms. The van der Waals surface area contributed by atoms with Gasteiger partial charge < -0.3 is 4.74 Å². The van der Waals surface area contributed by atoms with Gasteiger partial charge in [0.15, 0.2) is 0 Å². The summed E-state index contributed by atoms with van der Waals surface area (Å²) in [4.78, 5) is 14.4. The predicted octanol–water partition coefficient (Wildman–Crippen LogP) is 2.46. The van der Waals surface area contributed by atoms with E-state index in [1.54, 1.807) is 0 Å². The van der Waals surface area contributed by atoms with Crippen LogP contribution in [0.1, 0.15) is 18.4 Å². The molecule has 0 aromatic carbocycles. The minimum Gasteiger partial charge on any atom is -0.477 e. The molecule has 1 fully saturated rings. The van der Waals surface area contributed by atoms with Crippen LogP contribution in [0.15, 0.2) is 18.3 Å². The molecule has 0 N–H and O–H groups in total. The van der Waals surface area contributed by atoms with E-state index in [0.717, 1.165) is 18.3 Å². The van der Waals surface area contributed by atoms with E-state index in [1.165, 1.54) is 0 Å². The zero-order valence-corrected chi connectivity index (χ0v) is 8.83. The molecule has 3 nitrogen and oxygen atoms in total. The van der Waals surface area contributed by atoms with E-state index in [2.05, 4.69) is 4.98 Å². The Hall–Kier alpha value is -1.59. The zero-order chi connectivity index (χ0) is 12.5. The van der Waals surface area contributed by atoms with Crippen LogP contribution in [-0.2, 0) is 11.0 Å². The lowest BCUT2D eigenvalue weighted by Gasteiger charge is -2.23. The van der Waals surface area contributed by atoms with Crippen LogP contribution in [0.4, 0.5) is 13.2 Å². The van der Waals surface area contributed by atoms with Crippen molar-refractivity contribution < 1.29 is 22.7 Å². The number of ketones is 1. The summed E-state index contributed by atoms with van der Waals surface area (Å²) in [6.07, 6.45) is -2.45. The lowest BCUT2D eigenvalue weighted by molar-refractivity contribution is -0.137. The van der Waals surface area contributed by atoms with Gasteiger partial charge in [0.1, 0.15) is 5.78 Å². The number of rotatable bonds is 3. The SMILES string of the molecule is O=C1CC(COc2cc(C(F)(F)F)ccn2)C1. The molecule has 6 heteroatoms. The number of pyridine rings is 1. The van der Waals surface area contributed by atoms with Gasteiger partial charge in [0.25, 0.3) is 0 Å². The topological polar surface area (TPSA) is 39.2 Å². The maximum atomic E-state index is 12.4. The third kappa shape index (κ3) is 2.95. The summed E-state index contributed by atoms with van der Waals surface area (Å²) >= 11 is 0. The molecule has 1 aliphatic carbocycles. The summed E-state index contributed by atoms with van der Waals surface area (Å²) in [5, 5.41) is 0. The number of alkyl halides is 3. The second kappa shape index (κ2) is 4.35. The molecule has 1 aromatic heterocycles. The zero-order valence-electron chi connectivity index (χ0n) is 8.83. The van der Waals surface area contributed by atoms with Crippen molar-refractivity contribution in [1.29, 1.82) is 0 Å². The molecule has 0 bridgehead atoms. The van der Waals surface area contributed by atoms with Gasteiger partial charge in [-0.25, -0.2) is 4.98 Å². The van der Waals surface area contributed by atoms with Gasteiger partial charge in [-0.1, -0.05) is 0 Å². The van der Waals surface area contributed by atoms with Crippen LogP contribution in [0.2, 0.25) is 0 Å². The van der Waals surface area contributed by atoms with Crippen molar-refractivity contribution in [2.45, 2.75) is 19.0 Å². The third-order valence-electron chi connectivity index (χ3n) is 2.56. The number of nitrogens with zero attached hydrogens (tertiary/aromatic N) is 1. The van der Waals surface area contributed by atoms with Crippen molar-refractivity contribution >= 4 is 5.78 Å². The van der Waals surface area contributed by atoms with Crippen molar-refractivity contribution in [3.05, 3.63) is 23.9 Å². The fraction of sp³-hybridized carbons (Fsp3) is 0.455. The minimum atomic E-state index is -4.40. The number of carbonyl (C=O) groups excluding carboxylic acids is 1. The average Bonchev–Trinajstić information content (AvgIpc) is 2.22. The quantitative estimate of drug-likeness (QED) is 0.821. The summed E-state index contributed by atoms with van der Waals surface area (Å²) in [6.45, 7) is 0.236. The highest BCUT2D eigenvalue weighted by molar-refractivity contribution is 5.84. The molecule has 2 rings (SSSR count). The summed E-state index contributed by atoms with van der Waals surface area (Å²) in [5.41, 5.74) is -0.785. The molecule has 1 saturated carbocycles. The third-order valence-corrected chi connectivity index (χ3v) is 2.56. The van der Waals surface area contributed by atoms with Gasteiger partial charge in [0, 0.05) is 31.0 Å². The first kappa shape index (κ1) is 11.9. The fourth-order valence-electron chi connectivity index (χ4n) is 1.57. The molecule has 0 saturated heterocycles. The van der Waals surface area contributed by atoms with Gasteiger partial charge in [-0.2, -0.15) is 13.2 Å². The van der Waals surface area contributed by atoms with E-state index in [9.17, 15) is 18.0 Å². The van der Waals surface area contributed by atoms with Gasteiger partial charge >= 0.3 is 6.18 Å². The average molecular weight is 245 g/mol. The monoisotopic (exact) mass is 245 g/mol. The van der Waals surface area contributed by atoms with Gasteiger partial charge in [-0.05, 0) is 6.07 Å². The molecule has 0 amide bonds. The molecule has 0 unspecified atom stereocenters. The van der Waals surface area contributed by atoms with Crippen molar-refractivity contribution in [3.63, 3.8) is 0 Å². The van der Waals surface area contributed by atoms with Gasteiger partial charge in [-0.15, -0.1) is 0 Å². The Morgan fingerprint density at radius 1 is 1.41 bits per heavy atom. The lowest BCUT2D eigenvalue weighted by Crippen LogP contribution is -2.28. The van der Waals surface area contributed by atoms with Gasteiger partial charge in [0.05, 0.1) is 12.2 Å². The Morgan fingerprint density at radius 2 is 2.12 bits per heavy atom. The Morgan fingerprint density at radius 3 is 2.71 bits per heavy atom. The highest BCUT2D eigenvalue weighted by Gasteiger charge is 2.31. The highest BCUT2D eigenvalue weighted by Crippen LogP contribution is 2.31. The van der Waals surface area contributed by atoms with E-state index < -0.39 is 11.7 Å². The first-order valence-electron chi connectivity index (χ1n) is 5.13. The molecule has 1 heterocycles. The highest BCUT2D eigenvalue weighted by atomic mass is 19.4. The van der Waals surface area contributed by atoms with Crippen LogP contribution in [0.5, 0.6) is 5.88 Å². The number of aromatic nitrogens is 1. The molecular weight excluding hydrogens is 235 g/mol. The second-order valence-corrected chi connectivity index (χ2v) is 4.00. The molecule has 1 aliphatic rings. The van der Waals surface area contributed by atoms with Crippen molar-refractivity contribution in [3.8, 4) is 5.88 Å². The Bertz CT molecular complexity index is 423. The molecule has 17 heavy (non-hydrogen) atoms. The van der Waals surface area contributed by atoms with Crippen LogP contribution >= 0.6 is 0 Å². The second-order valence-electron chi connectivity index (χ2n) is 4.00. The number of hydrogen-bond donors (Lipinski definition) is 0. The van der Waals surface area contributed by atoms with Crippen molar-refractivity contribution in [2.24, 2.45) is 5.92 Å². The predicted molar refractivity (Wildman–Crippen MR) is 52.5 cm³/mol. The standard InChI is InChI=1S/C11H10F3NO2/c12-11(13,14)8-1-2-15-10(5-8)17-6-7-3-9(16)4-7/h1-2,5,7H,3-4,6H2. The largest absolute Gasteiger partial charge is 0.477 e. The number of carbonyl (C=O) groups is 1. The summed E-state index contributed by atoms with van der Waals surface area (Å²) < 4.78 is 42.2. The van der Waals surface area contributed by atoms with E-state index in [4.69, 9.17) is 4.74 Å². The first-order chi connectivity index (χ1) is 7.95. The smallest absolute Gasteiger partial charge is 0.416 e. The number of hydrogen-bond acceptors (Lipinski definition) is 3. The lowest BCUT2D eigenvalue weighted by atomic mass is 9.85. The summed E-state index contributed by atoms with van der Waals surface area (Å²) in [7, 11) is 0. The first-order valence-corrected chi connectivity index (χ1v) is 5.13. The Labute approximate surface area is 95.6 Å². The van der Waals surface area contributed by atoms with E-state index in [-0.39, 0.29) is 24.2 Å². The van der Waals surface area contributed by atoms with Crippen LogP contribution in [0.25, 0.3) is 0 Å². The van der Waals surface area contributed by atoms with Crippen LogP contribution in [-0.4, -0.2) is 17.4 Å². The number of halogens is 3. The van der Waals surface area contributed by atoms with Crippen LogP contribution in [0.3, 0.4) is 0 Å². The van der Waals surface area contributed by atoms with E-state index in [1.807, 2.05) is 0 Å². The number of Topliss-reactive ketones (excluding diaryl/α,β-unsaturated/α-hetero) is 1. The van der Waals surface area contributed by atoms with Crippen molar-refractivity contribution in [1.82, 2.24) is 4.98 Å². The fourth-order valence-corrected chi connectivity index (χ4v) is 1.57. The minimum absolute atomic E-state index is 0.0563. The maximum absolute atomic E-state index is 12.4. The van der Waals surface area contributed by atoms with Crippen molar-refractivity contribution in [2.75, 3.05) is 6.61 Å². The van der Waals surface area contributed by atoms with E-state index in [0.29, 0.717) is 12.8 Å². The Balaban J connectivity index is 1.94. The molecule has 0 radical (unpaired) electrons. The normalized spacial score (nSPS) is 16.8. The molecule has 0 atom stereocenters. The maximum Gasteiger partial charge on any atom is 0.416 e. The molecule has 0 aliphatic heterocycles. The van der Waals surface area contributed by atoms with Gasteiger partial charge in [-0.3, -0.25) is 4.79 Å². The van der Waals surface area contributed by atoms with Crippen LogP contribution < -0.4 is 4.74 Å². The number of ether oxygens (including phenoxy) is 1. The van der Waals surface area contributed by atoms with Crippen LogP contribution in [0, 0.1) is 5.92 Å². The summed E-state index contributed by atoms with van der Waals surface area (Å²) in [5.74, 6) is 0.216. The van der Waals surface area contributed by atoms with E-state index >= 15 is 0 Å². The molecule has 92 valence electrons. The van der Waals surface area contributed by atoms with Gasteiger partial charge in [0.2, 0.25) is 5.88 Å². The molecular formula is C11H10F3NO2.